The molecule has 0 spiro atoms. The number of hydrogen-bond donors (Lipinski definition) is 1. The average molecular weight is 257 g/mol. The van der Waals surface area contributed by atoms with Gasteiger partial charge in [-0.3, -0.25) is 4.99 Å². The highest BCUT2D eigenvalue weighted by molar-refractivity contribution is 5.75. The lowest BCUT2D eigenvalue weighted by molar-refractivity contribution is 0.395. The van der Waals surface area contributed by atoms with Gasteiger partial charge in [0.2, 0.25) is 5.88 Å². The number of ether oxygens (including phenoxy) is 2. The lowest BCUT2D eigenvalue weighted by Crippen LogP contribution is -1.94. The number of rotatable bonds is 5. The first-order valence-corrected chi connectivity index (χ1v) is 5.77. The molecule has 0 bridgehead atoms. The minimum atomic E-state index is 0.561. The van der Waals surface area contributed by atoms with E-state index in [1.54, 1.807) is 32.8 Å². The van der Waals surface area contributed by atoms with E-state index in [1.165, 1.54) is 0 Å². The molecule has 2 aromatic rings. The summed E-state index contributed by atoms with van der Waals surface area (Å²) < 4.78 is 10.6. The second-order valence-corrected chi connectivity index (χ2v) is 3.69. The Morgan fingerprint density at radius 1 is 1.11 bits per heavy atom. The van der Waals surface area contributed by atoms with Crippen molar-refractivity contribution in [1.82, 2.24) is 4.98 Å². The fourth-order valence-electron chi connectivity index (χ4n) is 1.44. The molecule has 5 heteroatoms. The van der Waals surface area contributed by atoms with Crippen molar-refractivity contribution in [2.45, 2.75) is 0 Å². The fourth-order valence-corrected chi connectivity index (χ4v) is 1.44. The summed E-state index contributed by atoms with van der Waals surface area (Å²) in [5.41, 5.74) is 0.950. The van der Waals surface area contributed by atoms with E-state index < -0.39 is 0 Å². The number of pyridine rings is 1. The Balaban J connectivity index is 2.01. The van der Waals surface area contributed by atoms with E-state index in [0.29, 0.717) is 11.6 Å². The Labute approximate surface area is 111 Å². The van der Waals surface area contributed by atoms with Gasteiger partial charge in [0.1, 0.15) is 11.5 Å². The summed E-state index contributed by atoms with van der Waals surface area (Å²) >= 11 is 0. The predicted octanol–water partition coefficient (Wildman–Crippen LogP) is 2.95. The fraction of sp³-hybridized carbons (Fsp3) is 0.143. The number of hydrogen-bond acceptors (Lipinski definition) is 4. The molecule has 0 saturated carbocycles. The maximum absolute atomic E-state index is 5.66. The third-order valence-corrected chi connectivity index (χ3v) is 2.37. The molecule has 0 amide bonds. The lowest BCUT2D eigenvalue weighted by Gasteiger charge is -2.07. The quantitative estimate of drug-likeness (QED) is 0.661. The van der Waals surface area contributed by atoms with E-state index in [4.69, 9.17) is 9.47 Å². The minimum Gasteiger partial charge on any atom is -0.481 e. The third kappa shape index (κ3) is 3.70. The first-order chi connectivity index (χ1) is 9.31. The molecular formula is C14H15N3O2. The summed E-state index contributed by atoms with van der Waals surface area (Å²) in [5.74, 6) is 1.97. The first-order valence-electron chi connectivity index (χ1n) is 5.77. The summed E-state index contributed by atoms with van der Waals surface area (Å²) in [6.45, 7) is 0. The van der Waals surface area contributed by atoms with E-state index in [0.717, 1.165) is 11.4 Å². The molecule has 0 unspecified atom stereocenters. The van der Waals surface area contributed by atoms with Gasteiger partial charge in [0.15, 0.2) is 0 Å². The van der Waals surface area contributed by atoms with Gasteiger partial charge in [0.05, 0.1) is 19.6 Å². The number of aromatic nitrogens is 1. The van der Waals surface area contributed by atoms with Gasteiger partial charge in [0, 0.05) is 18.8 Å². The number of aliphatic imine (C=N–C) groups is 1. The Kier molecular flexibility index (Phi) is 4.34. The molecule has 1 aromatic carbocycles. The van der Waals surface area contributed by atoms with Crippen LogP contribution in [0.15, 0.2) is 47.6 Å². The number of methoxy groups -OCH3 is 1. The van der Waals surface area contributed by atoms with Crippen LogP contribution in [0.3, 0.4) is 0 Å². The lowest BCUT2D eigenvalue weighted by atomic mass is 10.3. The van der Waals surface area contributed by atoms with Gasteiger partial charge >= 0.3 is 0 Å². The van der Waals surface area contributed by atoms with E-state index in [9.17, 15) is 0 Å². The molecule has 19 heavy (non-hydrogen) atoms. The molecular weight excluding hydrogens is 242 g/mol. The van der Waals surface area contributed by atoms with Crippen molar-refractivity contribution < 1.29 is 9.47 Å². The number of anilines is 1. The van der Waals surface area contributed by atoms with Gasteiger partial charge in [-0.25, -0.2) is 4.98 Å². The second kappa shape index (κ2) is 6.39. The highest BCUT2D eigenvalue weighted by Gasteiger charge is 1.99. The van der Waals surface area contributed by atoms with Crippen LogP contribution in [0.5, 0.6) is 17.4 Å². The van der Waals surface area contributed by atoms with Crippen LogP contribution in [0.4, 0.5) is 5.69 Å². The Bertz CT molecular complexity index is 536. The second-order valence-electron chi connectivity index (χ2n) is 3.69. The van der Waals surface area contributed by atoms with E-state index in [-0.39, 0.29) is 0 Å². The molecule has 1 heterocycles. The van der Waals surface area contributed by atoms with Crippen LogP contribution in [0.2, 0.25) is 0 Å². The molecule has 0 saturated heterocycles. The van der Waals surface area contributed by atoms with Crippen LogP contribution in [-0.2, 0) is 0 Å². The van der Waals surface area contributed by atoms with Crippen molar-refractivity contribution in [2.75, 3.05) is 19.5 Å². The molecule has 98 valence electrons. The van der Waals surface area contributed by atoms with Gasteiger partial charge in [-0.15, -0.1) is 0 Å². The summed E-state index contributed by atoms with van der Waals surface area (Å²) in [6, 6.07) is 11.1. The van der Waals surface area contributed by atoms with E-state index in [2.05, 4.69) is 15.3 Å². The number of benzene rings is 1. The molecule has 0 aliphatic heterocycles. The largest absolute Gasteiger partial charge is 0.481 e. The van der Waals surface area contributed by atoms with Crippen LogP contribution in [0.25, 0.3) is 0 Å². The summed E-state index contributed by atoms with van der Waals surface area (Å²) in [5, 5.41) is 3.02. The number of nitrogens with one attached hydrogen (secondary N) is 1. The molecule has 0 radical (unpaired) electrons. The topological polar surface area (TPSA) is 55.7 Å². The van der Waals surface area contributed by atoms with E-state index >= 15 is 0 Å². The predicted molar refractivity (Wildman–Crippen MR) is 75.3 cm³/mol. The smallest absolute Gasteiger partial charge is 0.213 e. The SMILES string of the molecule is CN=CNc1ccc(Oc2ccc(OC)nc2)cc1. The Morgan fingerprint density at radius 2 is 1.84 bits per heavy atom. The molecule has 0 atom stereocenters. The minimum absolute atomic E-state index is 0.561. The summed E-state index contributed by atoms with van der Waals surface area (Å²) in [7, 11) is 3.29. The highest BCUT2D eigenvalue weighted by atomic mass is 16.5. The zero-order valence-electron chi connectivity index (χ0n) is 10.8. The summed E-state index contributed by atoms with van der Waals surface area (Å²) in [6.07, 6.45) is 3.25. The normalized spacial score (nSPS) is 10.4. The average Bonchev–Trinajstić information content (AvgIpc) is 2.47. The highest BCUT2D eigenvalue weighted by Crippen LogP contribution is 2.23. The zero-order valence-corrected chi connectivity index (χ0v) is 10.8. The van der Waals surface area contributed by atoms with Crippen LogP contribution < -0.4 is 14.8 Å². The molecule has 1 aromatic heterocycles. The summed E-state index contributed by atoms with van der Waals surface area (Å²) in [4.78, 5) is 7.92. The van der Waals surface area contributed by atoms with Crippen LogP contribution in [-0.4, -0.2) is 25.5 Å². The number of nitrogens with zero attached hydrogens (tertiary/aromatic N) is 2. The van der Waals surface area contributed by atoms with Crippen LogP contribution in [0, 0.1) is 0 Å². The maximum atomic E-state index is 5.66. The molecule has 0 aliphatic carbocycles. The maximum Gasteiger partial charge on any atom is 0.213 e. The monoisotopic (exact) mass is 257 g/mol. The molecule has 2 rings (SSSR count). The molecule has 1 N–H and O–H groups in total. The van der Waals surface area contributed by atoms with Crippen molar-refractivity contribution in [1.29, 1.82) is 0 Å². The molecule has 0 aliphatic rings. The van der Waals surface area contributed by atoms with Crippen molar-refractivity contribution in [3.8, 4) is 17.4 Å². The molecule has 0 fully saturated rings. The van der Waals surface area contributed by atoms with Crippen molar-refractivity contribution in [3.63, 3.8) is 0 Å². The van der Waals surface area contributed by atoms with Crippen molar-refractivity contribution in [2.24, 2.45) is 4.99 Å². The van der Waals surface area contributed by atoms with Crippen LogP contribution in [0.1, 0.15) is 0 Å². The van der Waals surface area contributed by atoms with Crippen molar-refractivity contribution in [3.05, 3.63) is 42.6 Å². The Morgan fingerprint density at radius 3 is 2.42 bits per heavy atom. The third-order valence-electron chi connectivity index (χ3n) is 2.37. The molecule has 5 nitrogen and oxygen atoms in total. The Hall–Kier alpha value is -2.56. The van der Waals surface area contributed by atoms with Gasteiger partial charge < -0.3 is 14.8 Å². The van der Waals surface area contributed by atoms with Gasteiger partial charge in [-0.2, -0.15) is 0 Å². The standard InChI is InChI=1S/C14H15N3O2/c1-15-10-17-11-3-5-12(6-4-11)19-13-7-8-14(18-2)16-9-13/h3-10H,1-2H3,(H,15,17). The zero-order chi connectivity index (χ0) is 13.5. The van der Waals surface area contributed by atoms with E-state index in [1.807, 2.05) is 30.3 Å². The van der Waals surface area contributed by atoms with Gasteiger partial charge in [0.25, 0.3) is 0 Å². The van der Waals surface area contributed by atoms with Crippen LogP contribution >= 0.6 is 0 Å². The first kappa shape index (κ1) is 12.9. The van der Waals surface area contributed by atoms with Gasteiger partial charge in [-0.05, 0) is 30.3 Å². The van der Waals surface area contributed by atoms with Gasteiger partial charge in [-0.1, -0.05) is 0 Å². The van der Waals surface area contributed by atoms with Crippen molar-refractivity contribution >= 4 is 12.0 Å².